The second-order valence-corrected chi connectivity index (χ2v) is 4.88. The molecule has 18 heavy (non-hydrogen) atoms. The van der Waals surface area contributed by atoms with E-state index in [4.69, 9.17) is 9.26 Å². The minimum absolute atomic E-state index is 0.101. The van der Waals surface area contributed by atoms with Crippen LogP contribution in [-0.2, 0) is 16.1 Å². The third kappa shape index (κ3) is 2.72. The summed E-state index contributed by atoms with van der Waals surface area (Å²) >= 11 is 0. The van der Waals surface area contributed by atoms with Crippen LogP contribution >= 0.6 is 0 Å². The molecule has 0 N–H and O–H groups in total. The number of nitrogens with zero attached hydrogens (tertiary/aromatic N) is 2. The second-order valence-electron chi connectivity index (χ2n) is 4.88. The van der Waals surface area contributed by atoms with Gasteiger partial charge < -0.3 is 14.2 Å². The summed E-state index contributed by atoms with van der Waals surface area (Å²) in [6, 6.07) is 0. The Bertz CT molecular complexity index is 402. The van der Waals surface area contributed by atoms with Gasteiger partial charge in [0, 0.05) is 31.7 Å². The number of carbonyl (C=O) groups excluding carboxylic acids is 1. The van der Waals surface area contributed by atoms with Crippen LogP contribution in [0.1, 0.15) is 29.9 Å². The van der Waals surface area contributed by atoms with Crippen LogP contribution in [0.15, 0.2) is 4.52 Å². The van der Waals surface area contributed by atoms with E-state index >= 15 is 0 Å². The van der Waals surface area contributed by atoms with Gasteiger partial charge in [-0.25, -0.2) is 0 Å². The maximum absolute atomic E-state index is 12.3. The van der Waals surface area contributed by atoms with Crippen LogP contribution in [0.5, 0.6) is 0 Å². The van der Waals surface area contributed by atoms with Crippen LogP contribution in [0.25, 0.3) is 0 Å². The zero-order valence-electron chi connectivity index (χ0n) is 11.2. The molecule has 0 aromatic carbocycles. The van der Waals surface area contributed by atoms with Gasteiger partial charge in [0.05, 0.1) is 12.2 Å². The number of aromatic nitrogens is 1. The number of hydrogen-bond acceptors (Lipinski definition) is 4. The molecule has 1 aromatic heterocycles. The van der Waals surface area contributed by atoms with Crippen LogP contribution in [-0.4, -0.2) is 36.2 Å². The summed E-state index contributed by atoms with van der Waals surface area (Å²) in [5, 5.41) is 3.91. The second kappa shape index (κ2) is 5.52. The first-order valence-electron chi connectivity index (χ1n) is 6.34. The SMILES string of the molecule is Cc1noc(C)c1CN(C)C(=O)C1CCOCC1. The van der Waals surface area contributed by atoms with Crippen molar-refractivity contribution >= 4 is 5.91 Å². The van der Waals surface area contributed by atoms with Crippen LogP contribution in [0.3, 0.4) is 0 Å². The maximum atomic E-state index is 12.3. The van der Waals surface area contributed by atoms with Crippen LogP contribution in [0.2, 0.25) is 0 Å². The molecule has 0 unspecified atom stereocenters. The van der Waals surface area contributed by atoms with Gasteiger partial charge in [0.15, 0.2) is 0 Å². The molecule has 1 aromatic rings. The van der Waals surface area contributed by atoms with E-state index in [-0.39, 0.29) is 11.8 Å². The molecule has 2 rings (SSSR count). The first-order valence-corrected chi connectivity index (χ1v) is 6.34. The topological polar surface area (TPSA) is 55.6 Å². The first kappa shape index (κ1) is 13.1. The number of rotatable bonds is 3. The largest absolute Gasteiger partial charge is 0.381 e. The predicted molar refractivity (Wildman–Crippen MR) is 66.0 cm³/mol. The van der Waals surface area contributed by atoms with E-state index in [2.05, 4.69) is 5.16 Å². The summed E-state index contributed by atoms with van der Waals surface area (Å²) < 4.78 is 10.4. The van der Waals surface area contributed by atoms with Crippen molar-refractivity contribution in [2.24, 2.45) is 5.92 Å². The monoisotopic (exact) mass is 252 g/mol. The molecule has 100 valence electrons. The van der Waals surface area contributed by atoms with Crippen LogP contribution in [0.4, 0.5) is 0 Å². The molecule has 0 aliphatic carbocycles. The molecule has 0 spiro atoms. The predicted octanol–water partition coefficient (Wildman–Crippen LogP) is 1.68. The number of ether oxygens (including phenoxy) is 1. The summed E-state index contributed by atoms with van der Waals surface area (Å²) in [6.45, 7) is 5.73. The van der Waals surface area contributed by atoms with Gasteiger partial charge in [-0.2, -0.15) is 0 Å². The van der Waals surface area contributed by atoms with Gasteiger partial charge in [-0.3, -0.25) is 4.79 Å². The van der Waals surface area contributed by atoms with E-state index in [1.807, 2.05) is 20.9 Å². The lowest BCUT2D eigenvalue weighted by Gasteiger charge is -2.26. The highest BCUT2D eigenvalue weighted by Gasteiger charge is 2.25. The Labute approximate surface area is 107 Å². The molecule has 1 aliphatic rings. The molecule has 5 nitrogen and oxygen atoms in total. The van der Waals surface area contributed by atoms with E-state index in [1.54, 1.807) is 4.90 Å². The molecular weight excluding hydrogens is 232 g/mol. The molecule has 5 heteroatoms. The Kier molecular flexibility index (Phi) is 4.01. The van der Waals surface area contributed by atoms with E-state index in [0.29, 0.717) is 19.8 Å². The van der Waals surface area contributed by atoms with Crippen molar-refractivity contribution in [1.29, 1.82) is 0 Å². The van der Waals surface area contributed by atoms with E-state index in [1.165, 1.54) is 0 Å². The zero-order chi connectivity index (χ0) is 13.1. The van der Waals surface area contributed by atoms with Crippen molar-refractivity contribution in [2.75, 3.05) is 20.3 Å². The lowest BCUT2D eigenvalue weighted by molar-refractivity contribution is -0.137. The van der Waals surface area contributed by atoms with Gasteiger partial charge in [0.2, 0.25) is 5.91 Å². The summed E-state index contributed by atoms with van der Waals surface area (Å²) in [4.78, 5) is 14.0. The minimum Gasteiger partial charge on any atom is -0.381 e. The first-order chi connectivity index (χ1) is 8.59. The lowest BCUT2D eigenvalue weighted by atomic mass is 9.98. The molecule has 0 bridgehead atoms. The Morgan fingerprint density at radius 1 is 1.39 bits per heavy atom. The smallest absolute Gasteiger partial charge is 0.225 e. The fourth-order valence-corrected chi connectivity index (χ4v) is 2.30. The summed E-state index contributed by atoms with van der Waals surface area (Å²) in [5.41, 5.74) is 1.87. The number of hydrogen-bond donors (Lipinski definition) is 0. The number of carbonyl (C=O) groups is 1. The average Bonchev–Trinajstić information content (AvgIpc) is 2.70. The van der Waals surface area contributed by atoms with Crippen molar-refractivity contribution in [3.8, 4) is 0 Å². The molecule has 0 saturated carbocycles. The van der Waals surface area contributed by atoms with Gasteiger partial charge in [-0.1, -0.05) is 5.16 Å². The maximum Gasteiger partial charge on any atom is 0.225 e. The Balaban J connectivity index is 1.98. The summed E-state index contributed by atoms with van der Waals surface area (Å²) in [7, 11) is 1.84. The van der Waals surface area contributed by atoms with E-state index < -0.39 is 0 Å². The Morgan fingerprint density at radius 3 is 2.61 bits per heavy atom. The highest BCUT2D eigenvalue weighted by Crippen LogP contribution is 2.20. The molecule has 2 heterocycles. The van der Waals surface area contributed by atoms with Gasteiger partial charge in [-0.15, -0.1) is 0 Å². The van der Waals surface area contributed by atoms with Crippen LogP contribution in [0, 0.1) is 19.8 Å². The standard InChI is InChI=1S/C13H20N2O3/c1-9-12(10(2)18-14-9)8-15(3)13(16)11-4-6-17-7-5-11/h11H,4-8H2,1-3H3. The zero-order valence-corrected chi connectivity index (χ0v) is 11.2. The third-order valence-corrected chi connectivity index (χ3v) is 3.52. The molecule has 0 atom stereocenters. The number of amides is 1. The molecule has 0 radical (unpaired) electrons. The van der Waals surface area contributed by atoms with Crippen LogP contribution < -0.4 is 0 Å². The summed E-state index contributed by atoms with van der Waals surface area (Å²) in [5.74, 6) is 1.08. The van der Waals surface area contributed by atoms with Gasteiger partial charge >= 0.3 is 0 Å². The average molecular weight is 252 g/mol. The van der Waals surface area contributed by atoms with Crippen molar-refractivity contribution in [1.82, 2.24) is 10.1 Å². The molecule has 1 fully saturated rings. The molecule has 1 amide bonds. The molecular formula is C13H20N2O3. The third-order valence-electron chi connectivity index (χ3n) is 3.52. The van der Waals surface area contributed by atoms with Crippen molar-refractivity contribution < 1.29 is 14.1 Å². The fourth-order valence-electron chi connectivity index (χ4n) is 2.30. The van der Waals surface area contributed by atoms with Gasteiger partial charge in [-0.05, 0) is 26.7 Å². The fraction of sp³-hybridized carbons (Fsp3) is 0.692. The van der Waals surface area contributed by atoms with Crippen molar-refractivity contribution in [3.05, 3.63) is 17.0 Å². The normalized spacial score (nSPS) is 16.8. The van der Waals surface area contributed by atoms with Gasteiger partial charge in [0.25, 0.3) is 0 Å². The molecule has 1 aliphatic heterocycles. The summed E-state index contributed by atoms with van der Waals surface area (Å²) in [6.07, 6.45) is 1.65. The quantitative estimate of drug-likeness (QED) is 0.821. The molecule has 1 saturated heterocycles. The van der Waals surface area contributed by atoms with Crippen molar-refractivity contribution in [3.63, 3.8) is 0 Å². The minimum atomic E-state index is 0.101. The Morgan fingerprint density at radius 2 is 2.06 bits per heavy atom. The van der Waals surface area contributed by atoms with E-state index in [0.717, 1.165) is 29.9 Å². The highest BCUT2D eigenvalue weighted by atomic mass is 16.5. The number of aryl methyl sites for hydroxylation is 2. The van der Waals surface area contributed by atoms with Gasteiger partial charge in [0.1, 0.15) is 5.76 Å². The van der Waals surface area contributed by atoms with E-state index in [9.17, 15) is 4.79 Å². The lowest BCUT2D eigenvalue weighted by Crippen LogP contribution is -2.35. The van der Waals surface area contributed by atoms with Crippen molar-refractivity contribution in [2.45, 2.75) is 33.2 Å². The highest BCUT2D eigenvalue weighted by molar-refractivity contribution is 5.78. The Hall–Kier alpha value is -1.36.